The first kappa shape index (κ1) is 12.1. The van der Waals surface area contributed by atoms with Crippen LogP contribution in [0.15, 0.2) is 30.3 Å². The predicted molar refractivity (Wildman–Crippen MR) is 69.3 cm³/mol. The highest BCUT2D eigenvalue weighted by Crippen LogP contribution is 2.15. The van der Waals surface area contributed by atoms with Gasteiger partial charge in [-0.2, -0.15) is 5.10 Å². The third-order valence-electron chi connectivity index (χ3n) is 2.81. The van der Waals surface area contributed by atoms with Crippen LogP contribution in [-0.2, 0) is 13.0 Å². The highest BCUT2D eigenvalue weighted by Gasteiger charge is 2.12. The van der Waals surface area contributed by atoms with Crippen LogP contribution < -0.4 is 5.32 Å². The average molecular weight is 251 g/mol. The molecule has 0 bridgehead atoms. The van der Waals surface area contributed by atoms with Gasteiger partial charge in [0.1, 0.15) is 5.82 Å². The van der Waals surface area contributed by atoms with E-state index in [-0.39, 0.29) is 12.4 Å². The SMILES string of the molecule is Cl.c1ccc(-c2nc3n(n2)CCNCC3)cc1. The number of aromatic nitrogens is 3. The van der Waals surface area contributed by atoms with E-state index in [1.165, 1.54) is 0 Å². The van der Waals surface area contributed by atoms with Gasteiger partial charge in [0.2, 0.25) is 0 Å². The molecule has 0 fully saturated rings. The molecular weight excluding hydrogens is 236 g/mol. The van der Waals surface area contributed by atoms with Crippen LogP contribution >= 0.6 is 12.4 Å². The number of fused-ring (bicyclic) bond motifs is 1. The van der Waals surface area contributed by atoms with Gasteiger partial charge in [0.25, 0.3) is 0 Å². The van der Waals surface area contributed by atoms with E-state index in [4.69, 9.17) is 0 Å². The molecule has 2 aromatic rings. The van der Waals surface area contributed by atoms with E-state index in [2.05, 4.69) is 15.4 Å². The highest BCUT2D eigenvalue weighted by molar-refractivity contribution is 5.85. The van der Waals surface area contributed by atoms with Gasteiger partial charge in [0, 0.05) is 25.1 Å². The van der Waals surface area contributed by atoms with Gasteiger partial charge in [-0.15, -0.1) is 12.4 Å². The fourth-order valence-corrected chi connectivity index (χ4v) is 1.96. The number of halogens is 1. The van der Waals surface area contributed by atoms with Crippen LogP contribution in [0.1, 0.15) is 5.82 Å². The van der Waals surface area contributed by atoms with E-state index in [0.29, 0.717) is 0 Å². The molecule has 0 aliphatic carbocycles. The van der Waals surface area contributed by atoms with Gasteiger partial charge in [-0.1, -0.05) is 30.3 Å². The Bertz CT molecular complexity index is 457. The summed E-state index contributed by atoms with van der Waals surface area (Å²) < 4.78 is 2.02. The molecule has 0 saturated carbocycles. The summed E-state index contributed by atoms with van der Waals surface area (Å²) in [6.45, 7) is 2.88. The predicted octanol–water partition coefficient (Wildman–Crippen LogP) is 1.51. The zero-order valence-electron chi connectivity index (χ0n) is 9.47. The molecule has 0 saturated heterocycles. The van der Waals surface area contributed by atoms with E-state index in [9.17, 15) is 0 Å². The molecule has 0 atom stereocenters. The van der Waals surface area contributed by atoms with Gasteiger partial charge in [0.15, 0.2) is 5.82 Å². The molecule has 3 rings (SSSR count). The van der Waals surface area contributed by atoms with Crippen molar-refractivity contribution >= 4 is 12.4 Å². The van der Waals surface area contributed by atoms with Gasteiger partial charge in [-0.25, -0.2) is 9.67 Å². The lowest BCUT2D eigenvalue weighted by molar-refractivity contribution is 0.589. The van der Waals surface area contributed by atoms with Crippen LogP contribution in [0.4, 0.5) is 0 Å². The molecule has 90 valence electrons. The van der Waals surface area contributed by atoms with E-state index in [0.717, 1.165) is 43.3 Å². The molecule has 0 amide bonds. The van der Waals surface area contributed by atoms with Crippen molar-refractivity contribution in [3.05, 3.63) is 36.2 Å². The Balaban J connectivity index is 0.00000108. The zero-order chi connectivity index (χ0) is 10.8. The van der Waals surface area contributed by atoms with Gasteiger partial charge in [-0.05, 0) is 0 Å². The molecule has 0 unspecified atom stereocenters. The summed E-state index contributed by atoms with van der Waals surface area (Å²) in [7, 11) is 0. The second kappa shape index (κ2) is 5.29. The first-order chi connectivity index (χ1) is 7.93. The second-order valence-corrected chi connectivity index (χ2v) is 3.94. The minimum absolute atomic E-state index is 0. The summed E-state index contributed by atoms with van der Waals surface area (Å²) in [6, 6.07) is 10.1. The molecule has 0 spiro atoms. The Hall–Kier alpha value is -1.39. The van der Waals surface area contributed by atoms with Crippen LogP contribution in [0.3, 0.4) is 0 Å². The number of benzene rings is 1. The summed E-state index contributed by atoms with van der Waals surface area (Å²) in [5.41, 5.74) is 1.09. The highest BCUT2D eigenvalue weighted by atomic mass is 35.5. The molecule has 1 aromatic carbocycles. The molecule has 1 aliphatic heterocycles. The third-order valence-corrected chi connectivity index (χ3v) is 2.81. The number of rotatable bonds is 1. The lowest BCUT2D eigenvalue weighted by atomic mass is 10.2. The molecule has 1 aliphatic rings. The lowest BCUT2D eigenvalue weighted by Gasteiger charge is -1.97. The quantitative estimate of drug-likeness (QED) is 0.835. The Labute approximate surface area is 106 Å². The van der Waals surface area contributed by atoms with E-state index in [1.54, 1.807) is 0 Å². The molecule has 1 aromatic heterocycles. The topological polar surface area (TPSA) is 42.7 Å². The van der Waals surface area contributed by atoms with Crippen LogP contribution in [0, 0.1) is 0 Å². The fourth-order valence-electron chi connectivity index (χ4n) is 1.96. The maximum atomic E-state index is 4.59. The summed E-state index contributed by atoms with van der Waals surface area (Å²) >= 11 is 0. The zero-order valence-corrected chi connectivity index (χ0v) is 10.3. The largest absolute Gasteiger partial charge is 0.314 e. The molecule has 17 heavy (non-hydrogen) atoms. The Morgan fingerprint density at radius 2 is 1.94 bits per heavy atom. The average Bonchev–Trinajstić information content (AvgIpc) is 2.62. The minimum atomic E-state index is 0. The number of hydrogen-bond donors (Lipinski definition) is 1. The van der Waals surface area contributed by atoms with Crippen molar-refractivity contribution in [3.63, 3.8) is 0 Å². The molecule has 4 nitrogen and oxygen atoms in total. The van der Waals surface area contributed by atoms with Crippen molar-refractivity contribution in [2.45, 2.75) is 13.0 Å². The van der Waals surface area contributed by atoms with Gasteiger partial charge < -0.3 is 5.32 Å². The van der Waals surface area contributed by atoms with E-state index < -0.39 is 0 Å². The Morgan fingerprint density at radius 1 is 1.12 bits per heavy atom. The van der Waals surface area contributed by atoms with Crippen LogP contribution in [0.25, 0.3) is 11.4 Å². The van der Waals surface area contributed by atoms with E-state index >= 15 is 0 Å². The van der Waals surface area contributed by atoms with Crippen molar-refractivity contribution in [3.8, 4) is 11.4 Å². The molecule has 5 heteroatoms. The van der Waals surface area contributed by atoms with Crippen molar-refractivity contribution in [1.29, 1.82) is 0 Å². The first-order valence-corrected chi connectivity index (χ1v) is 5.63. The summed E-state index contributed by atoms with van der Waals surface area (Å²) in [5.74, 6) is 1.93. The van der Waals surface area contributed by atoms with Crippen LogP contribution in [0.2, 0.25) is 0 Å². The standard InChI is InChI=1S/C12H14N4.ClH/c1-2-4-10(5-3-1)12-14-11-6-7-13-8-9-16(11)15-12;/h1-5,13H,6-9H2;1H. The summed E-state index contributed by atoms with van der Waals surface area (Å²) in [5, 5.41) is 7.89. The van der Waals surface area contributed by atoms with Gasteiger partial charge >= 0.3 is 0 Å². The van der Waals surface area contributed by atoms with E-state index in [1.807, 2.05) is 35.0 Å². The summed E-state index contributed by atoms with van der Waals surface area (Å²) in [4.78, 5) is 4.59. The summed E-state index contributed by atoms with van der Waals surface area (Å²) in [6.07, 6.45) is 0.958. The smallest absolute Gasteiger partial charge is 0.181 e. The number of hydrogen-bond acceptors (Lipinski definition) is 3. The molecule has 1 N–H and O–H groups in total. The second-order valence-electron chi connectivity index (χ2n) is 3.94. The fraction of sp³-hybridized carbons (Fsp3) is 0.333. The normalized spacial score (nSPS) is 14.6. The molecule has 2 heterocycles. The number of nitrogens with one attached hydrogen (secondary N) is 1. The minimum Gasteiger partial charge on any atom is -0.314 e. The molecule has 0 radical (unpaired) electrons. The Kier molecular flexibility index (Phi) is 3.76. The van der Waals surface area contributed by atoms with Gasteiger partial charge in [-0.3, -0.25) is 0 Å². The lowest BCUT2D eigenvalue weighted by Crippen LogP contribution is -2.17. The third kappa shape index (κ3) is 2.48. The maximum Gasteiger partial charge on any atom is 0.181 e. The molecular formula is C12H15ClN4. The van der Waals surface area contributed by atoms with Crippen molar-refractivity contribution in [1.82, 2.24) is 20.1 Å². The Morgan fingerprint density at radius 3 is 2.76 bits per heavy atom. The monoisotopic (exact) mass is 250 g/mol. The number of nitrogens with zero attached hydrogens (tertiary/aromatic N) is 3. The van der Waals surface area contributed by atoms with Crippen LogP contribution in [0.5, 0.6) is 0 Å². The van der Waals surface area contributed by atoms with Gasteiger partial charge in [0.05, 0.1) is 6.54 Å². The van der Waals surface area contributed by atoms with Crippen LogP contribution in [-0.4, -0.2) is 27.9 Å². The van der Waals surface area contributed by atoms with Crippen molar-refractivity contribution < 1.29 is 0 Å². The maximum absolute atomic E-state index is 4.59. The van der Waals surface area contributed by atoms with Crippen molar-refractivity contribution in [2.75, 3.05) is 13.1 Å². The first-order valence-electron chi connectivity index (χ1n) is 5.63. The van der Waals surface area contributed by atoms with Crippen molar-refractivity contribution in [2.24, 2.45) is 0 Å².